The highest BCUT2D eigenvalue weighted by Crippen LogP contribution is 2.10. The van der Waals surface area contributed by atoms with Gasteiger partial charge in [-0.1, -0.05) is 12.1 Å². The fourth-order valence-corrected chi connectivity index (χ4v) is 1.42. The van der Waals surface area contributed by atoms with Gasteiger partial charge in [-0.15, -0.1) is 0 Å². The summed E-state index contributed by atoms with van der Waals surface area (Å²) in [5, 5.41) is 0. The first-order chi connectivity index (χ1) is 6.63. The van der Waals surface area contributed by atoms with Gasteiger partial charge >= 0.3 is 0 Å². The maximum absolute atomic E-state index is 13.0. The van der Waals surface area contributed by atoms with Crippen LogP contribution in [0, 0.1) is 12.7 Å². The van der Waals surface area contributed by atoms with Crippen molar-refractivity contribution in [3.05, 3.63) is 35.1 Å². The van der Waals surface area contributed by atoms with E-state index in [-0.39, 0.29) is 5.82 Å². The second kappa shape index (κ2) is 5.08. The zero-order chi connectivity index (χ0) is 10.6. The molecule has 0 aliphatic rings. The van der Waals surface area contributed by atoms with E-state index in [1.807, 2.05) is 19.2 Å². The van der Waals surface area contributed by atoms with Crippen LogP contribution >= 0.6 is 0 Å². The van der Waals surface area contributed by atoms with Crippen molar-refractivity contribution >= 4 is 0 Å². The van der Waals surface area contributed by atoms with E-state index in [1.54, 1.807) is 6.92 Å². The molecule has 0 fully saturated rings. The molecule has 1 aromatic carbocycles. The highest BCUT2D eigenvalue weighted by molar-refractivity contribution is 5.23. The van der Waals surface area contributed by atoms with Crippen molar-refractivity contribution in [1.82, 2.24) is 4.90 Å². The summed E-state index contributed by atoms with van der Waals surface area (Å²) in [7, 11) is 2.01. The standard InChI is InChI=1S/C11H17FN2/c1-9-7-10(3-4-11(9)12)8-14(2)6-5-13/h3-4,7H,5-6,8,13H2,1-2H3. The predicted molar refractivity (Wildman–Crippen MR) is 56.5 cm³/mol. The Kier molecular flexibility index (Phi) is 4.04. The fourth-order valence-electron chi connectivity index (χ4n) is 1.42. The van der Waals surface area contributed by atoms with Gasteiger partial charge in [-0.25, -0.2) is 4.39 Å². The van der Waals surface area contributed by atoms with Gasteiger partial charge in [0.2, 0.25) is 0 Å². The molecule has 78 valence electrons. The second-order valence-corrected chi connectivity index (χ2v) is 3.61. The quantitative estimate of drug-likeness (QED) is 0.791. The third-order valence-corrected chi connectivity index (χ3v) is 2.19. The van der Waals surface area contributed by atoms with Crippen LogP contribution in [0.15, 0.2) is 18.2 Å². The molecule has 0 saturated carbocycles. The summed E-state index contributed by atoms with van der Waals surface area (Å²) in [6.07, 6.45) is 0. The van der Waals surface area contributed by atoms with Gasteiger partial charge in [0.15, 0.2) is 0 Å². The smallest absolute Gasteiger partial charge is 0.126 e. The van der Waals surface area contributed by atoms with Crippen LogP contribution in [0.3, 0.4) is 0 Å². The SMILES string of the molecule is Cc1cc(CN(C)CCN)ccc1F. The van der Waals surface area contributed by atoms with Crippen molar-refractivity contribution in [1.29, 1.82) is 0 Å². The fraction of sp³-hybridized carbons (Fsp3) is 0.455. The molecule has 0 spiro atoms. The van der Waals surface area contributed by atoms with E-state index in [9.17, 15) is 4.39 Å². The molecular weight excluding hydrogens is 179 g/mol. The zero-order valence-corrected chi connectivity index (χ0v) is 8.76. The minimum Gasteiger partial charge on any atom is -0.329 e. The molecule has 0 bridgehead atoms. The van der Waals surface area contributed by atoms with Crippen molar-refractivity contribution < 1.29 is 4.39 Å². The summed E-state index contributed by atoms with van der Waals surface area (Å²) in [6, 6.07) is 5.21. The van der Waals surface area contributed by atoms with Crippen LogP contribution in [0.4, 0.5) is 4.39 Å². The van der Waals surface area contributed by atoms with Gasteiger partial charge in [0.1, 0.15) is 5.82 Å². The number of nitrogens with zero attached hydrogens (tertiary/aromatic N) is 1. The molecule has 0 amide bonds. The molecule has 2 nitrogen and oxygen atoms in total. The van der Waals surface area contributed by atoms with E-state index < -0.39 is 0 Å². The number of hydrogen-bond donors (Lipinski definition) is 1. The van der Waals surface area contributed by atoms with Crippen LogP contribution in [0.2, 0.25) is 0 Å². The molecule has 0 atom stereocenters. The van der Waals surface area contributed by atoms with Gasteiger partial charge in [-0.05, 0) is 31.2 Å². The number of halogens is 1. The van der Waals surface area contributed by atoms with Crippen LogP contribution in [-0.2, 0) is 6.54 Å². The maximum atomic E-state index is 13.0. The number of benzene rings is 1. The lowest BCUT2D eigenvalue weighted by Gasteiger charge is -2.15. The van der Waals surface area contributed by atoms with Gasteiger partial charge in [-0.2, -0.15) is 0 Å². The van der Waals surface area contributed by atoms with Crippen molar-refractivity contribution in [3.8, 4) is 0 Å². The summed E-state index contributed by atoms with van der Waals surface area (Å²) < 4.78 is 13.0. The molecule has 0 aliphatic carbocycles. The molecule has 0 saturated heterocycles. The van der Waals surface area contributed by atoms with Gasteiger partial charge < -0.3 is 10.6 Å². The van der Waals surface area contributed by atoms with E-state index >= 15 is 0 Å². The summed E-state index contributed by atoms with van der Waals surface area (Å²) >= 11 is 0. The lowest BCUT2D eigenvalue weighted by molar-refractivity contribution is 0.336. The third-order valence-electron chi connectivity index (χ3n) is 2.19. The molecule has 2 N–H and O–H groups in total. The Morgan fingerprint density at radius 3 is 2.71 bits per heavy atom. The van der Waals surface area contributed by atoms with Crippen LogP contribution in [0.25, 0.3) is 0 Å². The summed E-state index contributed by atoms with van der Waals surface area (Å²) in [5.41, 5.74) is 7.26. The number of rotatable bonds is 4. The van der Waals surface area contributed by atoms with E-state index in [0.717, 1.165) is 18.7 Å². The highest BCUT2D eigenvalue weighted by atomic mass is 19.1. The summed E-state index contributed by atoms with van der Waals surface area (Å²) in [4.78, 5) is 2.12. The van der Waals surface area contributed by atoms with Crippen molar-refractivity contribution in [2.75, 3.05) is 20.1 Å². The first-order valence-electron chi connectivity index (χ1n) is 4.77. The zero-order valence-electron chi connectivity index (χ0n) is 8.76. The Morgan fingerprint density at radius 2 is 2.14 bits per heavy atom. The van der Waals surface area contributed by atoms with Crippen LogP contribution in [0.5, 0.6) is 0 Å². The largest absolute Gasteiger partial charge is 0.329 e. The molecule has 1 rings (SSSR count). The predicted octanol–water partition coefficient (Wildman–Crippen LogP) is 1.52. The minimum absolute atomic E-state index is 0.143. The molecule has 0 unspecified atom stereocenters. The monoisotopic (exact) mass is 196 g/mol. The molecule has 0 aromatic heterocycles. The number of likely N-dealkylation sites (N-methyl/N-ethyl adjacent to an activating group) is 1. The first kappa shape index (κ1) is 11.1. The van der Waals surface area contributed by atoms with E-state index in [4.69, 9.17) is 5.73 Å². The Bertz CT molecular complexity index is 299. The molecule has 0 aliphatic heterocycles. The summed E-state index contributed by atoms with van der Waals surface area (Å²) in [5.74, 6) is -0.143. The average Bonchev–Trinajstić information content (AvgIpc) is 2.12. The molecule has 0 radical (unpaired) electrons. The second-order valence-electron chi connectivity index (χ2n) is 3.61. The summed E-state index contributed by atoms with van der Waals surface area (Å²) in [6.45, 7) is 4.10. The van der Waals surface area contributed by atoms with Crippen molar-refractivity contribution in [2.45, 2.75) is 13.5 Å². The number of aryl methyl sites for hydroxylation is 1. The Labute approximate surface area is 84.5 Å². The maximum Gasteiger partial charge on any atom is 0.126 e. The van der Waals surface area contributed by atoms with Gasteiger partial charge in [0, 0.05) is 19.6 Å². The molecule has 3 heteroatoms. The van der Waals surface area contributed by atoms with Crippen LogP contribution in [-0.4, -0.2) is 25.0 Å². The minimum atomic E-state index is -0.143. The molecule has 1 aromatic rings. The number of hydrogen-bond acceptors (Lipinski definition) is 2. The Hall–Kier alpha value is -0.930. The van der Waals surface area contributed by atoms with Gasteiger partial charge in [0.25, 0.3) is 0 Å². The van der Waals surface area contributed by atoms with Crippen LogP contribution in [0.1, 0.15) is 11.1 Å². The average molecular weight is 196 g/mol. The molecule has 0 heterocycles. The van der Waals surface area contributed by atoms with Gasteiger partial charge in [0.05, 0.1) is 0 Å². The topological polar surface area (TPSA) is 29.3 Å². The lowest BCUT2D eigenvalue weighted by atomic mass is 10.1. The normalized spacial score (nSPS) is 10.9. The Balaban J connectivity index is 2.63. The lowest BCUT2D eigenvalue weighted by Crippen LogP contribution is -2.24. The molecular formula is C11H17FN2. The molecule has 14 heavy (non-hydrogen) atoms. The highest BCUT2D eigenvalue weighted by Gasteiger charge is 2.01. The number of nitrogens with two attached hydrogens (primary N) is 1. The van der Waals surface area contributed by atoms with E-state index in [0.29, 0.717) is 12.1 Å². The van der Waals surface area contributed by atoms with Crippen molar-refractivity contribution in [3.63, 3.8) is 0 Å². The van der Waals surface area contributed by atoms with E-state index in [2.05, 4.69) is 4.90 Å². The first-order valence-corrected chi connectivity index (χ1v) is 4.77. The Morgan fingerprint density at radius 1 is 1.43 bits per heavy atom. The van der Waals surface area contributed by atoms with Crippen LogP contribution < -0.4 is 5.73 Å². The van der Waals surface area contributed by atoms with E-state index in [1.165, 1.54) is 6.07 Å². The van der Waals surface area contributed by atoms with Crippen molar-refractivity contribution in [2.24, 2.45) is 5.73 Å². The van der Waals surface area contributed by atoms with Gasteiger partial charge in [-0.3, -0.25) is 0 Å². The third kappa shape index (κ3) is 3.09.